The molecular weight excluding hydrogens is 470 g/mol. The minimum Gasteiger partial charge on any atom is -0.460 e. The van der Waals surface area contributed by atoms with Gasteiger partial charge in [0.15, 0.2) is 0 Å². The van der Waals surface area contributed by atoms with Crippen molar-refractivity contribution in [1.29, 1.82) is 0 Å². The number of aromatic nitrogens is 2. The number of pyridine rings is 2. The second-order valence-electron chi connectivity index (χ2n) is 9.62. The third-order valence-corrected chi connectivity index (χ3v) is 7.53. The minimum atomic E-state index is -1.48. The van der Waals surface area contributed by atoms with E-state index in [9.17, 15) is 19.5 Å². The number of benzene rings is 2. The molecular formula is C29H25N3O5. The number of carbonyl (C=O) groups is 2. The van der Waals surface area contributed by atoms with Gasteiger partial charge >= 0.3 is 5.97 Å². The minimum absolute atomic E-state index is 0.171. The van der Waals surface area contributed by atoms with Crippen LogP contribution in [0.5, 0.6) is 0 Å². The fraction of sp³-hybridized carbons (Fsp3) is 0.241. The molecule has 2 aliphatic heterocycles. The molecule has 0 radical (unpaired) electrons. The van der Waals surface area contributed by atoms with E-state index in [1.165, 1.54) is 0 Å². The second-order valence-corrected chi connectivity index (χ2v) is 9.62. The molecule has 1 atom stereocenters. The molecule has 0 aliphatic carbocycles. The molecule has 1 amide bonds. The van der Waals surface area contributed by atoms with E-state index in [1.807, 2.05) is 43.3 Å². The van der Waals surface area contributed by atoms with Gasteiger partial charge in [-0.3, -0.25) is 14.4 Å². The van der Waals surface area contributed by atoms with Gasteiger partial charge in [0.25, 0.3) is 11.5 Å². The summed E-state index contributed by atoms with van der Waals surface area (Å²) < 4.78 is 6.88. The molecule has 2 N–H and O–H groups in total. The van der Waals surface area contributed by atoms with Crippen molar-refractivity contribution in [2.24, 2.45) is 0 Å². The summed E-state index contributed by atoms with van der Waals surface area (Å²) in [5.41, 5.74) is 3.87. The zero-order valence-corrected chi connectivity index (χ0v) is 20.5. The molecule has 186 valence electrons. The van der Waals surface area contributed by atoms with Crippen LogP contribution in [0.25, 0.3) is 22.3 Å². The molecule has 4 aromatic rings. The first-order valence-corrected chi connectivity index (χ1v) is 12.2. The standard InChI is InChI=1S/C29H25N3O5/c1-3-29(36)13-24(33)37-15-19-20(29)12-23-26-18(14-32(23)28(19)35)16(2)25-21(30-26)10-7-11-22(25)31-27(34)17-8-5-4-6-9-17/h4-12,36H,3,13-15H2,1-2H3,(H,31,34). The van der Waals surface area contributed by atoms with Crippen LogP contribution >= 0.6 is 0 Å². The van der Waals surface area contributed by atoms with Gasteiger partial charge in [0.1, 0.15) is 12.2 Å². The van der Waals surface area contributed by atoms with Crippen LogP contribution in [0.2, 0.25) is 0 Å². The van der Waals surface area contributed by atoms with Crippen LogP contribution in [0.3, 0.4) is 0 Å². The number of esters is 1. The van der Waals surface area contributed by atoms with Crippen molar-refractivity contribution in [3.05, 3.63) is 92.8 Å². The zero-order chi connectivity index (χ0) is 25.9. The molecule has 6 rings (SSSR count). The van der Waals surface area contributed by atoms with E-state index >= 15 is 0 Å². The highest BCUT2D eigenvalue weighted by Gasteiger charge is 2.39. The molecule has 2 aromatic heterocycles. The van der Waals surface area contributed by atoms with Crippen LogP contribution in [0.4, 0.5) is 5.69 Å². The topological polar surface area (TPSA) is 111 Å². The maximum Gasteiger partial charge on any atom is 0.309 e. The lowest BCUT2D eigenvalue weighted by molar-refractivity contribution is -0.149. The Hall–Kier alpha value is -4.30. The highest BCUT2D eigenvalue weighted by atomic mass is 16.5. The van der Waals surface area contributed by atoms with Gasteiger partial charge < -0.3 is 19.7 Å². The van der Waals surface area contributed by atoms with Crippen molar-refractivity contribution in [3.63, 3.8) is 0 Å². The number of aliphatic hydroxyl groups is 1. The number of amides is 1. The highest BCUT2D eigenvalue weighted by molar-refractivity contribution is 6.09. The SMILES string of the molecule is CCC1(O)CC(=O)OCc2c1cc1n(c2=O)Cc2c-1nc1cccc(NC(=O)c3ccccc3)c1c2C. The lowest BCUT2D eigenvalue weighted by Gasteiger charge is -2.26. The van der Waals surface area contributed by atoms with Gasteiger partial charge in [-0.2, -0.15) is 0 Å². The summed E-state index contributed by atoms with van der Waals surface area (Å²) in [6.45, 7) is 3.87. The normalized spacial score (nSPS) is 18.0. The van der Waals surface area contributed by atoms with Crippen molar-refractivity contribution >= 4 is 28.5 Å². The predicted molar refractivity (Wildman–Crippen MR) is 138 cm³/mol. The van der Waals surface area contributed by atoms with Crippen LogP contribution in [-0.2, 0) is 28.3 Å². The maximum atomic E-state index is 13.6. The van der Waals surface area contributed by atoms with E-state index in [0.29, 0.717) is 45.8 Å². The Morgan fingerprint density at radius 3 is 2.68 bits per heavy atom. The van der Waals surface area contributed by atoms with E-state index in [4.69, 9.17) is 9.72 Å². The number of aryl methyl sites for hydroxylation is 1. The third kappa shape index (κ3) is 3.55. The van der Waals surface area contributed by atoms with Crippen molar-refractivity contribution in [2.45, 2.75) is 45.4 Å². The van der Waals surface area contributed by atoms with Crippen molar-refractivity contribution in [3.8, 4) is 11.4 Å². The number of rotatable bonds is 3. The Morgan fingerprint density at radius 1 is 1.14 bits per heavy atom. The fourth-order valence-corrected chi connectivity index (χ4v) is 5.45. The molecule has 2 aromatic carbocycles. The number of cyclic esters (lactones) is 1. The van der Waals surface area contributed by atoms with Crippen LogP contribution < -0.4 is 10.9 Å². The number of ether oxygens (including phenoxy) is 1. The first-order chi connectivity index (χ1) is 17.8. The molecule has 0 fully saturated rings. The van der Waals surface area contributed by atoms with Crippen molar-refractivity contribution < 1.29 is 19.4 Å². The number of fused-ring (bicyclic) bond motifs is 5. The zero-order valence-electron chi connectivity index (χ0n) is 20.5. The van der Waals surface area contributed by atoms with E-state index in [0.717, 1.165) is 16.5 Å². The summed E-state index contributed by atoms with van der Waals surface area (Å²) in [4.78, 5) is 43.5. The van der Waals surface area contributed by atoms with E-state index in [1.54, 1.807) is 29.7 Å². The van der Waals surface area contributed by atoms with E-state index in [-0.39, 0.29) is 30.9 Å². The van der Waals surface area contributed by atoms with Gasteiger partial charge in [0.05, 0.1) is 41.1 Å². The molecule has 2 aliphatic rings. The van der Waals surface area contributed by atoms with E-state index < -0.39 is 11.6 Å². The van der Waals surface area contributed by atoms with Gasteiger partial charge in [0, 0.05) is 16.5 Å². The van der Waals surface area contributed by atoms with Crippen molar-refractivity contribution in [2.75, 3.05) is 5.32 Å². The van der Waals surface area contributed by atoms with Crippen LogP contribution in [-0.4, -0.2) is 26.5 Å². The number of hydrogen-bond acceptors (Lipinski definition) is 6. The monoisotopic (exact) mass is 495 g/mol. The third-order valence-electron chi connectivity index (χ3n) is 7.53. The molecule has 0 spiro atoms. The summed E-state index contributed by atoms with van der Waals surface area (Å²) in [6, 6.07) is 16.3. The Labute approximate surface area is 212 Å². The number of nitrogens with one attached hydrogen (secondary N) is 1. The molecule has 8 heteroatoms. The van der Waals surface area contributed by atoms with Gasteiger partial charge in [-0.05, 0) is 54.8 Å². The lowest BCUT2D eigenvalue weighted by Crippen LogP contribution is -2.32. The average molecular weight is 496 g/mol. The van der Waals surface area contributed by atoms with Crippen LogP contribution in [0.15, 0.2) is 59.4 Å². The molecule has 1 unspecified atom stereocenters. The van der Waals surface area contributed by atoms with Gasteiger partial charge in [-0.1, -0.05) is 31.2 Å². The smallest absolute Gasteiger partial charge is 0.309 e. The summed E-state index contributed by atoms with van der Waals surface area (Å²) in [5.74, 6) is -0.750. The molecule has 4 heterocycles. The maximum absolute atomic E-state index is 13.6. The Morgan fingerprint density at radius 2 is 1.92 bits per heavy atom. The highest BCUT2D eigenvalue weighted by Crippen LogP contribution is 2.41. The Kier molecular flexibility index (Phi) is 5.24. The fourth-order valence-electron chi connectivity index (χ4n) is 5.45. The summed E-state index contributed by atoms with van der Waals surface area (Å²) in [5, 5.41) is 15.1. The molecule has 0 bridgehead atoms. The largest absolute Gasteiger partial charge is 0.460 e. The van der Waals surface area contributed by atoms with Crippen LogP contribution in [0, 0.1) is 6.92 Å². The van der Waals surface area contributed by atoms with Gasteiger partial charge in [-0.15, -0.1) is 0 Å². The Bertz CT molecular complexity index is 1680. The number of anilines is 1. The number of carbonyl (C=O) groups excluding carboxylic acids is 2. The molecule has 0 saturated carbocycles. The lowest BCUT2D eigenvalue weighted by atomic mass is 9.85. The van der Waals surface area contributed by atoms with E-state index in [2.05, 4.69) is 5.32 Å². The molecule has 8 nitrogen and oxygen atoms in total. The quantitative estimate of drug-likeness (QED) is 0.366. The summed E-state index contributed by atoms with van der Waals surface area (Å²) >= 11 is 0. The number of hydrogen-bond donors (Lipinski definition) is 2. The van der Waals surface area contributed by atoms with Gasteiger partial charge in [0.2, 0.25) is 0 Å². The first kappa shape index (κ1) is 23.1. The molecule has 0 saturated heterocycles. The molecule has 37 heavy (non-hydrogen) atoms. The first-order valence-electron chi connectivity index (χ1n) is 12.2. The summed E-state index contributed by atoms with van der Waals surface area (Å²) in [6.07, 6.45) is 0.0560. The van der Waals surface area contributed by atoms with Gasteiger partial charge in [-0.25, -0.2) is 4.98 Å². The van der Waals surface area contributed by atoms with Crippen LogP contribution in [0.1, 0.15) is 52.4 Å². The average Bonchev–Trinajstić information content (AvgIpc) is 3.21. The van der Waals surface area contributed by atoms with Crippen molar-refractivity contribution in [1.82, 2.24) is 9.55 Å². The number of nitrogens with zero attached hydrogens (tertiary/aromatic N) is 2. The second kappa shape index (κ2) is 8.38. The Balaban J connectivity index is 1.50. The summed E-state index contributed by atoms with van der Waals surface area (Å²) in [7, 11) is 0. The predicted octanol–water partition coefficient (Wildman–Crippen LogP) is 4.03.